The summed E-state index contributed by atoms with van der Waals surface area (Å²) in [5.41, 5.74) is 0.915. The summed E-state index contributed by atoms with van der Waals surface area (Å²) in [6.07, 6.45) is 1.29. The first kappa shape index (κ1) is 24.3. The van der Waals surface area contributed by atoms with E-state index in [1.165, 1.54) is 42.5 Å². The molecule has 7 nitrogen and oxygen atoms in total. The zero-order valence-corrected chi connectivity index (χ0v) is 19.8. The van der Waals surface area contributed by atoms with E-state index in [9.17, 15) is 20.2 Å². The van der Waals surface area contributed by atoms with Crippen molar-refractivity contribution in [3.63, 3.8) is 0 Å². The lowest BCUT2D eigenvalue weighted by atomic mass is 10.1. The van der Waals surface area contributed by atoms with Crippen molar-refractivity contribution in [3.05, 3.63) is 102 Å². The Labute approximate surface area is 207 Å². The molecule has 1 N–H and O–H groups in total. The zero-order valence-electron chi connectivity index (χ0n) is 16.7. The van der Waals surface area contributed by atoms with Crippen molar-refractivity contribution >= 4 is 62.5 Å². The molecule has 3 rings (SSSR count). The predicted molar refractivity (Wildman–Crippen MR) is 130 cm³/mol. The van der Waals surface area contributed by atoms with E-state index in [1.807, 2.05) is 30.3 Å². The van der Waals surface area contributed by atoms with Gasteiger partial charge in [0.05, 0.1) is 9.95 Å². The number of hydrogen-bond donors (Lipinski definition) is 1. The monoisotopic (exact) mass is 545 g/mol. The molecule has 0 saturated carbocycles. The Morgan fingerprint density at radius 3 is 2.58 bits per heavy atom. The molecule has 0 aromatic heterocycles. The van der Waals surface area contributed by atoms with Crippen molar-refractivity contribution < 1.29 is 14.5 Å². The quantitative estimate of drug-likeness (QED) is 0.152. The molecule has 0 aliphatic heterocycles. The molecule has 0 spiro atoms. The fraction of sp³-hybridized carbons (Fsp3) is 0.0435. The molecule has 0 aliphatic carbocycles. The minimum Gasteiger partial charge on any atom is -0.487 e. The second-order valence-electron chi connectivity index (χ2n) is 6.65. The third kappa shape index (κ3) is 6.56. The van der Waals surface area contributed by atoms with Gasteiger partial charge in [0, 0.05) is 32.9 Å². The van der Waals surface area contributed by atoms with Crippen molar-refractivity contribution in [2.45, 2.75) is 6.61 Å². The lowest BCUT2D eigenvalue weighted by Gasteiger charge is -2.13. The molecule has 3 aromatic carbocycles. The average molecular weight is 547 g/mol. The Morgan fingerprint density at radius 1 is 1.18 bits per heavy atom. The Morgan fingerprint density at radius 2 is 1.91 bits per heavy atom. The summed E-state index contributed by atoms with van der Waals surface area (Å²) in [4.78, 5) is 23.0. The number of anilines is 1. The van der Waals surface area contributed by atoms with Gasteiger partial charge in [0.15, 0.2) is 0 Å². The van der Waals surface area contributed by atoms with Crippen molar-refractivity contribution in [3.8, 4) is 11.8 Å². The van der Waals surface area contributed by atoms with Gasteiger partial charge in [0.25, 0.3) is 11.6 Å². The van der Waals surface area contributed by atoms with Crippen LogP contribution in [0, 0.1) is 21.4 Å². The fourth-order valence-electron chi connectivity index (χ4n) is 2.78. The standard InChI is InChI=1S/C23H14BrCl2N3O4/c24-17-6-4-14(5-7-17)13-33-22-15(9-18(25)10-21(22)26)8-16(12-27)23(30)28-19-2-1-3-20(11-19)29(31)32/h1-11H,13H2,(H,28,30)/b16-8+. The molecule has 0 atom stereocenters. The van der Waals surface area contributed by atoms with Crippen LogP contribution in [0.15, 0.2) is 70.7 Å². The van der Waals surface area contributed by atoms with Gasteiger partial charge in [0.1, 0.15) is 24.0 Å². The first-order chi connectivity index (χ1) is 15.8. The van der Waals surface area contributed by atoms with Gasteiger partial charge in [-0.3, -0.25) is 14.9 Å². The number of hydrogen-bond acceptors (Lipinski definition) is 5. The number of nitriles is 1. The van der Waals surface area contributed by atoms with Crippen molar-refractivity contribution in [1.29, 1.82) is 5.26 Å². The van der Waals surface area contributed by atoms with E-state index in [-0.39, 0.29) is 34.3 Å². The van der Waals surface area contributed by atoms with Gasteiger partial charge in [0.2, 0.25) is 0 Å². The summed E-state index contributed by atoms with van der Waals surface area (Å²) < 4.78 is 6.79. The third-order valence-electron chi connectivity index (χ3n) is 4.31. The number of nitro groups is 1. The van der Waals surface area contributed by atoms with Crippen LogP contribution in [0.2, 0.25) is 10.0 Å². The molecule has 166 valence electrons. The largest absolute Gasteiger partial charge is 0.487 e. The van der Waals surface area contributed by atoms with E-state index in [0.717, 1.165) is 10.0 Å². The van der Waals surface area contributed by atoms with Gasteiger partial charge in [-0.15, -0.1) is 0 Å². The maximum atomic E-state index is 12.6. The number of halogens is 3. The number of amides is 1. The number of rotatable bonds is 7. The summed E-state index contributed by atoms with van der Waals surface area (Å²) >= 11 is 15.8. The molecule has 0 aliphatic rings. The summed E-state index contributed by atoms with van der Waals surface area (Å²) in [5.74, 6) is -0.507. The minimum absolute atomic E-state index is 0.172. The highest BCUT2D eigenvalue weighted by molar-refractivity contribution is 9.10. The number of nitro benzene ring substituents is 1. The van der Waals surface area contributed by atoms with Crippen molar-refractivity contribution in [2.24, 2.45) is 0 Å². The topological polar surface area (TPSA) is 105 Å². The molecule has 0 radical (unpaired) electrons. The number of nitrogens with one attached hydrogen (secondary N) is 1. The minimum atomic E-state index is -0.757. The summed E-state index contributed by atoms with van der Waals surface area (Å²) in [6, 6.07) is 17.7. The van der Waals surface area contributed by atoms with Crippen LogP contribution in [0.1, 0.15) is 11.1 Å². The van der Waals surface area contributed by atoms with Crippen LogP contribution in [0.25, 0.3) is 6.08 Å². The second-order valence-corrected chi connectivity index (χ2v) is 8.41. The van der Waals surface area contributed by atoms with E-state index in [1.54, 1.807) is 0 Å². The first-order valence-electron chi connectivity index (χ1n) is 9.30. The highest BCUT2D eigenvalue weighted by atomic mass is 79.9. The number of non-ortho nitro benzene ring substituents is 1. The van der Waals surface area contributed by atoms with Crippen LogP contribution in [0.4, 0.5) is 11.4 Å². The number of nitrogens with zero attached hydrogens (tertiary/aromatic N) is 2. The van der Waals surface area contributed by atoms with Crippen molar-refractivity contribution in [1.82, 2.24) is 0 Å². The molecule has 0 unspecified atom stereocenters. The van der Waals surface area contributed by atoms with E-state index in [2.05, 4.69) is 21.2 Å². The molecule has 33 heavy (non-hydrogen) atoms. The number of ether oxygens (including phenoxy) is 1. The van der Waals surface area contributed by atoms with E-state index < -0.39 is 10.8 Å². The van der Waals surface area contributed by atoms with Gasteiger partial charge < -0.3 is 10.1 Å². The second kappa shape index (κ2) is 11.0. The highest BCUT2D eigenvalue weighted by Crippen LogP contribution is 2.34. The lowest BCUT2D eigenvalue weighted by Crippen LogP contribution is -2.13. The Hall–Kier alpha value is -3.38. The molecule has 0 bridgehead atoms. The molecular formula is C23H14BrCl2N3O4. The van der Waals surface area contributed by atoms with Gasteiger partial charge in [-0.25, -0.2) is 0 Å². The van der Waals surface area contributed by atoms with Crippen LogP contribution in [-0.2, 0) is 11.4 Å². The lowest BCUT2D eigenvalue weighted by molar-refractivity contribution is -0.384. The number of carbonyl (C=O) groups excluding carboxylic acids is 1. The van der Waals surface area contributed by atoms with Gasteiger partial charge in [-0.05, 0) is 42.0 Å². The summed E-state index contributed by atoms with van der Waals surface area (Å²) in [6.45, 7) is 0.192. The van der Waals surface area contributed by atoms with Gasteiger partial charge in [-0.2, -0.15) is 5.26 Å². The summed E-state index contributed by atoms with van der Waals surface area (Å²) in [7, 11) is 0. The maximum absolute atomic E-state index is 12.6. The molecule has 0 heterocycles. The van der Waals surface area contributed by atoms with Crippen LogP contribution in [-0.4, -0.2) is 10.8 Å². The average Bonchev–Trinajstić information content (AvgIpc) is 2.78. The van der Waals surface area contributed by atoms with Crippen LogP contribution in [0.3, 0.4) is 0 Å². The predicted octanol–water partition coefficient (Wildman–Crippen LogP) is 6.79. The molecule has 0 saturated heterocycles. The third-order valence-corrected chi connectivity index (χ3v) is 5.34. The first-order valence-corrected chi connectivity index (χ1v) is 10.9. The SMILES string of the molecule is N#C/C(=C\c1cc(Cl)cc(Cl)c1OCc1ccc(Br)cc1)C(=O)Nc1cccc([N+](=O)[O-])c1. The van der Waals surface area contributed by atoms with Crippen LogP contribution < -0.4 is 10.1 Å². The molecule has 0 fully saturated rings. The molecule has 3 aromatic rings. The van der Waals surface area contributed by atoms with Gasteiger partial charge in [-0.1, -0.05) is 57.3 Å². The molecule has 1 amide bonds. The van der Waals surface area contributed by atoms with Crippen LogP contribution in [0.5, 0.6) is 5.75 Å². The molecular weight excluding hydrogens is 533 g/mol. The van der Waals surface area contributed by atoms with E-state index in [0.29, 0.717) is 10.6 Å². The summed E-state index contributed by atoms with van der Waals surface area (Å²) in [5, 5.41) is 23.5. The van der Waals surface area contributed by atoms with Gasteiger partial charge >= 0.3 is 0 Å². The van der Waals surface area contributed by atoms with E-state index >= 15 is 0 Å². The highest BCUT2D eigenvalue weighted by Gasteiger charge is 2.16. The fourth-order valence-corrected chi connectivity index (χ4v) is 3.60. The Balaban J connectivity index is 1.88. The number of carbonyl (C=O) groups is 1. The smallest absolute Gasteiger partial charge is 0.271 e. The Bertz CT molecular complexity index is 1290. The Kier molecular flexibility index (Phi) is 8.06. The van der Waals surface area contributed by atoms with E-state index in [4.69, 9.17) is 27.9 Å². The normalized spacial score (nSPS) is 10.9. The van der Waals surface area contributed by atoms with Crippen LogP contribution >= 0.6 is 39.1 Å². The zero-order chi connectivity index (χ0) is 24.0. The molecule has 10 heteroatoms. The van der Waals surface area contributed by atoms with Crippen molar-refractivity contribution in [2.75, 3.05) is 5.32 Å². The number of benzene rings is 3. The maximum Gasteiger partial charge on any atom is 0.271 e.